The molecule has 6 nitrogen and oxygen atoms in total. The molecule has 2 aliphatic heterocycles. The first-order chi connectivity index (χ1) is 9.22. The van der Waals surface area contributed by atoms with Crippen LogP contribution in [0, 0.1) is 0 Å². The molecular weight excluding hydrogens is 246 g/mol. The van der Waals surface area contributed by atoms with Crippen LogP contribution in [0.15, 0.2) is 12.3 Å². The van der Waals surface area contributed by atoms with E-state index in [1.54, 1.807) is 19.4 Å². The van der Waals surface area contributed by atoms with Gasteiger partial charge in [-0.2, -0.15) is 5.10 Å². The second-order valence-electron chi connectivity index (χ2n) is 5.32. The van der Waals surface area contributed by atoms with E-state index in [-0.39, 0.29) is 17.6 Å². The Morgan fingerprint density at radius 1 is 1.58 bits per heavy atom. The molecule has 2 aliphatic rings. The highest BCUT2D eigenvalue weighted by Crippen LogP contribution is 2.36. The van der Waals surface area contributed by atoms with Crippen molar-refractivity contribution < 1.29 is 14.3 Å². The summed E-state index contributed by atoms with van der Waals surface area (Å²) in [6, 6.07) is 1.71. The summed E-state index contributed by atoms with van der Waals surface area (Å²) in [7, 11) is 1.73. The smallest absolute Gasteiger partial charge is 0.271 e. The molecule has 1 amide bonds. The molecule has 1 atom stereocenters. The fourth-order valence-electron chi connectivity index (χ4n) is 2.96. The van der Waals surface area contributed by atoms with Gasteiger partial charge in [-0.15, -0.1) is 0 Å². The molecule has 2 saturated heterocycles. The fraction of sp³-hybridized carbons (Fsp3) is 0.692. The number of H-pyrrole nitrogens is 1. The largest absolute Gasteiger partial charge is 0.379 e. The summed E-state index contributed by atoms with van der Waals surface area (Å²) in [6.07, 6.45) is 4.51. The van der Waals surface area contributed by atoms with E-state index in [1.165, 1.54) is 0 Å². The minimum atomic E-state index is -0.0779. The maximum Gasteiger partial charge on any atom is 0.271 e. The van der Waals surface area contributed by atoms with E-state index in [1.807, 2.05) is 4.90 Å². The summed E-state index contributed by atoms with van der Waals surface area (Å²) in [5.74, 6) is 0.0219. The molecule has 1 spiro atoms. The summed E-state index contributed by atoms with van der Waals surface area (Å²) >= 11 is 0. The zero-order valence-electron chi connectivity index (χ0n) is 11.1. The molecule has 3 heterocycles. The first-order valence-electron chi connectivity index (χ1n) is 6.68. The summed E-state index contributed by atoms with van der Waals surface area (Å²) in [4.78, 5) is 14.0. The van der Waals surface area contributed by atoms with Gasteiger partial charge in [-0.3, -0.25) is 9.89 Å². The highest BCUT2D eigenvalue weighted by Gasteiger charge is 2.43. The van der Waals surface area contributed by atoms with Crippen LogP contribution in [0.4, 0.5) is 0 Å². The number of carbonyl (C=O) groups excluding carboxylic acids is 1. The van der Waals surface area contributed by atoms with Crippen molar-refractivity contribution in [2.45, 2.75) is 31.0 Å². The average Bonchev–Trinajstić information content (AvgIpc) is 3.09. The molecular formula is C13H19N3O3. The monoisotopic (exact) mass is 265 g/mol. The van der Waals surface area contributed by atoms with Gasteiger partial charge in [0.2, 0.25) is 0 Å². The second-order valence-corrected chi connectivity index (χ2v) is 5.32. The van der Waals surface area contributed by atoms with Gasteiger partial charge in [0.15, 0.2) is 0 Å². The lowest BCUT2D eigenvalue weighted by Crippen LogP contribution is -2.46. The normalized spacial score (nSPS) is 25.9. The van der Waals surface area contributed by atoms with Crippen LogP contribution in [0.25, 0.3) is 0 Å². The van der Waals surface area contributed by atoms with Gasteiger partial charge in [0.05, 0.1) is 18.3 Å². The zero-order chi connectivity index (χ0) is 13.3. The lowest BCUT2D eigenvalue weighted by molar-refractivity contribution is -0.0403. The Labute approximate surface area is 112 Å². The fourth-order valence-corrected chi connectivity index (χ4v) is 2.96. The zero-order valence-corrected chi connectivity index (χ0v) is 11.1. The molecule has 1 aromatic rings. The first kappa shape index (κ1) is 12.6. The molecule has 3 rings (SSSR count). The number of nitrogens with zero attached hydrogens (tertiary/aromatic N) is 2. The number of ether oxygens (including phenoxy) is 2. The summed E-state index contributed by atoms with van der Waals surface area (Å²) in [5.41, 5.74) is 0.476. The number of methoxy groups -OCH3 is 1. The lowest BCUT2D eigenvalue weighted by Gasteiger charge is -2.38. The predicted molar refractivity (Wildman–Crippen MR) is 67.8 cm³/mol. The third-order valence-corrected chi connectivity index (χ3v) is 4.20. The molecule has 0 aliphatic carbocycles. The Hall–Kier alpha value is -1.40. The second kappa shape index (κ2) is 4.94. The van der Waals surface area contributed by atoms with E-state index >= 15 is 0 Å². The van der Waals surface area contributed by atoms with Crippen LogP contribution in [0.5, 0.6) is 0 Å². The molecule has 1 unspecified atom stereocenters. The Kier molecular flexibility index (Phi) is 3.28. The number of carbonyl (C=O) groups is 1. The van der Waals surface area contributed by atoms with Crippen molar-refractivity contribution in [3.8, 4) is 0 Å². The topological polar surface area (TPSA) is 67.5 Å². The number of amides is 1. The number of nitrogens with one attached hydrogen (secondary N) is 1. The van der Waals surface area contributed by atoms with Crippen LogP contribution >= 0.6 is 0 Å². The summed E-state index contributed by atoms with van der Waals surface area (Å²) < 4.78 is 11.3. The Bertz CT molecular complexity index is 438. The molecule has 2 fully saturated rings. The van der Waals surface area contributed by atoms with Gasteiger partial charge >= 0.3 is 0 Å². The van der Waals surface area contributed by atoms with Crippen molar-refractivity contribution in [2.24, 2.45) is 0 Å². The highest BCUT2D eigenvalue weighted by atomic mass is 16.6. The average molecular weight is 265 g/mol. The standard InChI is InChI=1S/C13H19N3O3/c1-18-10-8-13(19-9-10)3-6-16(7-4-13)12(17)11-2-5-14-15-11/h2,5,10H,3-4,6-9H2,1H3,(H,14,15). The van der Waals surface area contributed by atoms with Crippen LogP contribution in [-0.2, 0) is 9.47 Å². The van der Waals surface area contributed by atoms with Crippen molar-refractivity contribution in [2.75, 3.05) is 26.8 Å². The third kappa shape index (κ3) is 2.37. The van der Waals surface area contributed by atoms with Gasteiger partial charge in [-0.05, 0) is 18.9 Å². The van der Waals surface area contributed by atoms with Crippen molar-refractivity contribution in [3.05, 3.63) is 18.0 Å². The van der Waals surface area contributed by atoms with Gasteiger partial charge in [0, 0.05) is 32.8 Å². The van der Waals surface area contributed by atoms with Crippen LogP contribution in [0.2, 0.25) is 0 Å². The van der Waals surface area contributed by atoms with Gasteiger partial charge < -0.3 is 14.4 Å². The molecule has 1 N–H and O–H groups in total. The van der Waals surface area contributed by atoms with Crippen LogP contribution in [-0.4, -0.2) is 59.5 Å². The van der Waals surface area contributed by atoms with Crippen molar-refractivity contribution >= 4 is 5.91 Å². The molecule has 0 aromatic carbocycles. The highest BCUT2D eigenvalue weighted by molar-refractivity contribution is 5.92. The summed E-state index contributed by atoms with van der Waals surface area (Å²) in [5, 5.41) is 6.54. The molecule has 6 heteroatoms. The van der Waals surface area contributed by atoms with E-state index in [9.17, 15) is 4.79 Å². The third-order valence-electron chi connectivity index (χ3n) is 4.20. The SMILES string of the molecule is COC1COC2(CCN(C(=O)c3ccn[nH]3)CC2)C1. The quantitative estimate of drug-likeness (QED) is 0.859. The van der Waals surface area contributed by atoms with Crippen LogP contribution < -0.4 is 0 Å². The van der Waals surface area contributed by atoms with Crippen LogP contribution in [0.3, 0.4) is 0 Å². The predicted octanol–water partition coefficient (Wildman–Crippen LogP) is 0.820. The number of aromatic amines is 1. The minimum Gasteiger partial charge on any atom is -0.379 e. The Morgan fingerprint density at radius 2 is 2.37 bits per heavy atom. The van der Waals surface area contributed by atoms with E-state index in [0.29, 0.717) is 12.3 Å². The number of likely N-dealkylation sites (tertiary alicyclic amines) is 1. The Morgan fingerprint density at radius 3 is 2.95 bits per heavy atom. The van der Waals surface area contributed by atoms with Gasteiger partial charge in [-0.1, -0.05) is 0 Å². The van der Waals surface area contributed by atoms with Crippen molar-refractivity contribution in [1.82, 2.24) is 15.1 Å². The number of aromatic nitrogens is 2. The number of piperidine rings is 1. The number of rotatable bonds is 2. The lowest BCUT2D eigenvalue weighted by atomic mass is 9.88. The Balaban J connectivity index is 1.59. The molecule has 0 bridgehead atoms. The van der Waals surface area contributed by atoms with Crippen LogP contribution in [0.1, 0.15) is 29.8 Å². The van der Waals surface area contributed by atoms with Crippen molar-refractivity contribution in [3.63, 3.8) is 0 Å². The van der Waals surface area contributed by atoms with E-state index in [4.69, 9.17) is 9.47 Å². The van der Waals surface area contributed by atoms with Gasteiger partial charge in [0.1, 0.15) is 5.69 Å². The molecule has 1 aromatic heterocycles. The molecule has 19 heavy (non-hydrogen) atoms. The van der Waals surface area contributed by atoms with Crippen molar-refractivity contribution in [1.29, 1.82) is 0 Å². The number of hydrogen-bond acceptors (Lipinski definition) is 4. The number of hydrogen-bond donors (Lipinski definition) is 1. The van der Waals surface area contributed by atoms with E-state index in [0.717, 1.165) is 32.4 Å². The molecule has 0 saturated carbocycles. The summed E-state index contributed by atoms with van der Waals surface area (Å²) in [6.45, 7) is 2.13. The maximum absolute atomic E-state index is 12.2. The van der Waals surface area contributed by atoms with E-state index < -0.39 is 0 Å². The first-order valence-corrected chi connectivity index (χ1v) is 6.68. The molecule has 0 radical (unpaired) electrons. The molecule has 104 valence electrons. The minimum absolute atomic E-state index is 0.0219. The van der Waals surface area contributed by atoms with E-state index in [2.05, 4.69) is 10.2 Å². The van der Waals surface area contributed by atoms with Gasteiger partial charge in [-0.25, -0.2) is 0 Å². The maximum atomic E-state index is 12.2. The van der Waals surface area contributed by atoms with Gasteiger partial charge in [0.25, 0.3) is 5.91 Å².